The fraction of sp³-hybridized carbons (Fsp3) is 0.333. The van der Waals surface area contributed by atoms with Gasteiger partial charge in [0.25, 0.3) is 5.97 Å². The summed E-state index contributed by atoms with van der Waals surface area (Å²) < 4.78 is 37.2. The van der Waals surface area contributed by atoms with E-state index in [-0.39, 0.29) is 0 Å². The Morgan fingerprint density at radius 2 is 1.89 bits per heavy atom. The Bertz CT molecular complexity index is 505. The maximum Gasteiger partial charge on any atom is 0.416 e. The van der Waals surface area contributed by atoms with Crippen molar-refractivity contribution in [3.8, 4) is 0 Å². The van der Waals surface area contributed by atoms with Gasteiger partial charge in [-0.1, -0.05) is 11.2 Å². The lowest BCUT2D eigenvalue weighted by atomic mass is 10.1. The molecule has 1 aromatic rings. The minimum Gasteiger partial charge on any atom is -0.481 e. The van der Waals surface area contributed by atoms with Gasteiger partial charge >= 0.3 is 6.18 Å². The van der Waals surface area contributed by atoms with Gasteiger partial charge in [-0.3, -0.25) is 4.79 Å². The highest BCUT2D eigenvalue weighted by Crippen LogP contribution is 2.33. The molecule has 7 heteroatoms. The molecule has 0 spiro atoms. The number of nitrogens with zero attached hydrogens (tertiary/aromatic N) is 1. The Morgan fingerprint density at radius 3 is 2.37 bits per heavy atom. The van der Waals surface area contributed by atoms with E-state index in [2.05, 4.69) is 5.16 Å². The zero-order valence-electron chi connectivity index (χ0n) is 10.0. The van der Waals surface area contributed by atoms with E-state index in [9.17, 15) is 13.2 Å². The van der Waals surface area contributed by atoms with E-state index in [0.717, 1.165) is 24.6 Å². The van der Waals surface area contributed by atoms with Crippen LogP contribution >= 0.6 is 0 Å². The highest BCUT2D eigenvalue weighted by atomic mass is 19.4. The van der Waals surface area contributed by atoms with Gasteiger partial charge in [-0.2, -0.15) is 13.2 Å². The molecule has 0 amide bonds. The van der Waals surface area contributed by atoms with Gasteiger partial charge in [-0.25, -0.2) is 0 Å². The van der Waals surface area contributed by atoms with Crippen LogP contribution in [0.2, 0.25) is 0 Å². The lowest BCUT2D eigenvalue weighted by Crippen LogP contribution is -2.06. The molecule has 2 N–H and O–H groups in total. The first-order valence-electron chi connectivity index (χ1n) is 5.36. The third kappa shape index (κ3) is 3.97. The molecule has 19 heavy (non-hydrogen) atoms. The van der Waals surface area contributed by atoms with E-state index >= 15 is 0 Å². The Kier molecular flexibility index (Phi) is 4.52. The monoisotopic (exact) mass is 275 g/mol. The fourth-order valence-electron chi connectivity index (χ4n) is 1.73. The first-order valence-corrected chi connectivity index (χ1v) is 5.36. The second kappa shape index (κ2) is 5.73. The van der Waals surface area contributed by atoms with Crippen LogP contribution in [0, 0.1) is 0 Å². The smallest absolute Gasteiger partial charge is 0.416 e. The van der Waals surface area contributed by atoms with Crippen LogP contribution in [0.4, 0.5) is 13.2 Å². The summed E-state index contributed by atoms with van der Waals surface area (Å²) in [7, 11) is 0. The van der Waals surface area contributed by atoms with Crippen LogP contribution in [0.25, 0.3) is 0 Å². The van der Waals surface area contributed by atoms with E-state index in [1.54, 1.807) is 0 Å². The van der Waals surface area contributed by atoms with E-state index < -0.39 is 17.7 Å². The van der Waals surface area contributed by atoms with Gasteiger partial charge < -0.3 is 10.3 Å². The van der Waals surface area contributed by atoms with Gasteiger partial charge in [-0.15, -0.1) is 0 Å². The molecule has 0 fully saturated rings. The molecule has 0 saturated heterocycles. The van der Waals surface area contributed by atoms with Crippen LogP contribution in [0.5, 0.6) is 0 Å². The standard InChI is InChI=1S/C10H8F3NO.C2H4O2/c11-10(12,13)7-3-1-6-2-4-9(14-15)8(6)5-7;1-2(3)4/h1,3,5,15H,2,4H2;1H3,(H,3,4)/b14-9+;. The number of aryl methyl sites for hydroxylation is 1. The average molecular weight is 275 g/mol. The molecule has 2 rings (SSSR count). The second-order valence-corrected chi connectivity index (χ2v) is 3.94. The summed E-state index contributed by atoms with van der Waals surface area (Å²) in [6.07, 6.45) is -3.22. The van der Waals surface area contributed by atoms with Crippen molar-refractivity contribution in [2.45, 2.75) is 25.9 Å². The van der Waals surface area contributed by atoms with E-state index in [1.165, 1.54) is 6.07 Å². The van der Waals surface area contributed by atoms with Gasteiger partial charge in [0.05, 0.1) is 11.3 Å². The second-order valence-electron chi connectivity index (χ2n) is 3.94. The number of rotatable bonds is 0. The number of benzene rings is 1. The Labute approximate surface area is 107 Å². The summed E-state index contributed by atoms with van der Waals surface area (Å²) in [6, 6.07) is 3.53. The van der Waals surface area contributed by atoms with Crippen LogP contribution in [-0.2, 0) is 17.4 Å². The molecule has 4 nitrogen and oxygen atoms in total. The lowest BCUT2D eigenvalue weighted by Gasteiger charge is -2.08. The van der Waals surface area contributed by atoms with Crippen LogP contribution in [0.3, 0.4) is 0 Å². The Hall–Kier alpha value is -2.05. The molecule has 104 valence electrons. The largest absolute Gasteiger partial charge is 0.481 e. The van der Waals surface area contributed by atoms with Crippen molar-refractivity contribution in [3.05, 3.63) is 34.9 Å². The number of fused-ring (bicyclic) bond motifs is 1. The maximum absolute atomic E-state index is 12.4. The summed E-state index contributed by atoms with van der Waals surface area (Å²) in [5.74, 6) is -0.833. The molecular formula is C12H12F3NO3. The van der Waals surface area contributed by atoms with Crippen molar-refractivity contribution in [1.82, 2.24) is 0 Å². The molecule has 0 atom stereocenters. The summed E-state index contributed by atoms with van der Waals surface area (Å²) >= 11 is 0. The minimum absolute atomic E-state index is 0.330. The predicted molar refractivity (Wildman–Crippen MR) is 61.4 cm³/mol. The highest BCUT2D eigenvalue weighted by molar-refractivity contribution is 6.04. The van der Waals surface area contributed by atoms with Gasteiger partial charge in [0.15, 0.2) is 0 Å². The fourth-order valence-corrected chi connectivity index (χ4v) is 1.73. The molecule has 1 aromatic carbocycles. The number of carbonyl (C=O) groups is 1. The van der Waals surface area contributed by atoms with Crippen LogP contribution in [0.1, 0.15) is 30.0 Å². The molecular weight excluding hydrogens is 263 g/mol. The quantitative estimate of drug-likeness (QED) is 0.565. The van der Waals surface area contributed by atoms with E-state index in [0.29, 0.717) is 24.1 Å². The molecule has 0 unspecified atom stereocenters. The van der Waals surface area contributed by atoms with Crippen molar-refractivity contribution in [2.24, 2.45) is 5.16 Å². The molecule has 0 saturated carbocycles. The Balaban J connectivity index is 0.000000399. The third-order valence-electron chi connectivity index (χ3n) is 2.50. The first-order chi connectivity index (χ1) is 8.75. The zero-order chi connectivity index (χ0) is 14.6. The summed E-state index contributed by atoms with van der Waals surface area (Å²) in [6.45, 7) is 1.08. The number of aliphatic carboxylic acids is 1. The molecule has 0 aromatic heterocycles. The molecule has 0 bridgehead atoms. The third-order valence-corrected chi connectivity index (χ3v) is 2.50. The van der Waals surface area contributed by atoms with Crippen molar-refractivity contribution in [2.75, 3.05) is 0 Å². The zero-order valence-corrected chi connectivity index (χ0v) is 10.0. The van der Waals surface area contributed by atoms with Crippen molar-refractivity contribution in [1.29, 1.82) is 0 Å². The number of carboxylic acid groups (broad SMARTS) is 1. The topological polar surface area (TPSA) is 69.9 Å². The van der Waals surface area contributed by atoms with Crippen LogP contribution in [0.15, 0.2) is 23.4 Å². The summed E-state index contributed by atoms with van der Waals surface area (Å²) in [4.78, 5) is 9.00. The number of hydrogen-bond acceptors (Lipinski definition) is 3. The molecule has 0 heterocycles. The number of alkyl halides is 3. The SMILES string of the molecule is CC(=O)O.O/N=C1\CCc2ccc(C(F)(F)F)cc21. The van der Waals surface area contributed by atoms with E-state index in [4.69, 9.17) is 15.1 Å². The van der Waals surface area contributed by atoms with Gasteiger partial charge in [0.2, 0.25) is 0 Å². The van der Waals surface area contributed by atoms with Gasteiger partial charge in [-0.05, 0) is 30.5 Å². The number of halogens is 3. The predicted octanol–water partition coefficient (Wildman–Crippen LogP) is 2.92. The summed E-state index contributed by atoms with van der Waals surface area (Å²) in [5, 5.41) is 19.0. The molecule has 1 aliphatic carbocycles. The minimum atomic E-state index is -4.35. The lowest BCUT2D eigenvalue weighted by molar-refractivity contribution is -0.137. The number of oxime groups is 1. The normalized spacial score (nSPS) is 15.7. The van der Waals surface area contributed by atoms with Gasteiger partial charge in [0, 0.05) is 12.5 Å². The first kappa shape index (κ1) is 15.0. The van der Waals surface area contributed by atoms with Crippen LogP contribution in [-0.4, -0.2) is 22.0 Å². The molecule has 0 radical (unpaired) electrons. The van der Waals surface area contributed by atoms with Crippen molar-refractivity contribution < 1.29 is 28.3 Å². The maximum atomic E-state index is 12.4. The number of hydrogen-bond donors (Lipinski definition) is 2. The molecule has 0 aliphatic heterocycles. The number of carboxylic acids is 1. The van der Waals surface area contributed by atoms with Gasteiger partial charge in [0.1, 0.15) is 0 Å². The Morgan fingerprint density at radius 1 is 1.32 bits per heavy atom. The van der Waals surface area contributed by atoms with E-state index in [1.807, 2.05) is 0 Å². The van der Waals surface area contributed by atoms with Crippen LogP contribution < -0.4 is 0 Å². The van der Waals surface area contributed by atoms with Crippen molar-refractivity contribution in [3.63, 3.8) is 0 Å². The summed E-state index contributed by atoms with van der Waals surface area (Å²) in [5.41, 5.74) is 0.837. The highest BCUT2D eigenvalue weighted by Gasteiger charge is 2.32. The van der Waals surface area contributed by atoms with Crippen molar-refractivity contribution >= 4 is 11.7 Å². The average Bonchev–Trinajstić information content (AvgIpc) is 2.68. The molecule has 1 aliphatic rings.